The standard InChI is InChI=1S/C49H99NO2/c1-4-7-9-11-13-15-17-19-21-23-25-27-29-31-33-35-37-39-41-43-46-50(48(45-6-3)49(51)52)47-44-42-40-38-36-34-32-30-28-26-24-22-20-18-16-14-12-10-8-5-2/h48H,4-47H2,1-3H3,(H,51,52). The molecular weight excluding hydrogens is 635 g/mol. The van der Waals surface area contributed by atoms with Gasteiger partial charge in [0.2, 0.25) is 0 Å². The maximum absolute atomic E-state index is 12.1. The Morgan fingerprint density at radius 1 is 0.327 bits per heavy atom. The van der Waals surface area contributed by atoms with Gasteiger partial charge in [0.1, 0.15) is 6.04 Å². The molecule has 1 atom stereocenters. The van der Waals surface area contributed by atoms with Gasteiger partial charge in [-0.3, -0.25) is 9.69 Å². The number of rotatable bonds is 46. The molecule has 0 aromatic rings. The molecule has 0 fully saturated rings. The molecule has 0 aromatic carbocycles. The lowest BCUT2D eigenvalue weighted by molar-refractivity contribution is -0.143. The highest BCUT2D eigenvalue weighted by molar-refractivity contribution is 5.73. The fourth-order valence-corrected chi connectivity index (χ4v) is 8.30. The second-order valence-electron chi connectivity index (χ2n) is 17.1. The van der Waals surface area contributed by atoms with Crippen molar-refractivity contribution in [2.24, 2.45) is 0 Å². The van der Waals surface area contributed by atoms with E-state index in [1.54, 1.807) is 0 Å². The van der Waals surface area contributed by atoms with E-state index in [9.17, 15) is 9.90 Å². The lowest BCUT2D eigenvalue weighted by atomic mass is 10.0. The van der Waals surface area contributed by atoms with Crippen LogP contribution in [0.15, 0.2) is 0 Å². The molecule has 0 amide bonds. The Bertz CT molecular complexity index is 622. The summed E-state index contributed by atoms with van der Waals surface area (Å²) in [4.78, 5) is 14.4. The van der Waals surface area contributed by atoms with Crippen LogP contribution in [0.5, 0.6) is 0 Å². The van der Waals surface area contributed by atoms with Crippen LogP contribution in [-0.2, 0) is 4.79 Å². The SMILES string of the molecule is CCCCCCCCCCCCCCCCCCCCCCN(CCCCCCCCCCCCCCCCCCCCCC)C(CCC)C(=O)O. The summed E-state index contributed by atoms with van der Waals surface area (Å²) in [6.45, 7) is 8.66. The third-order valence-corrected chi connectivity index (χ3v) is 11.9. The third kappa shape index (κ3) is 39.1. The van der Waals surface area contributed by atoms with Crippen molar-refractivity contribution < 1.29 is 9.90 Å². The number of carboxylic acid groups (broad SMARTS) is 1. The Labute approximate surface area is 329 Å². The average Bonchev–Trinajstić information content (AvgIpc) is 3.14. The molecule has 0 radical (unpaired) electrons. The van der Waals surface area contributed by atoms with Crippen molar-refractivity contribution in [1.29, 1.82) is 0 Å². The van der Waals surface area contributed by atoms with Gasteiger partial charge in [-0.05, 0) is 32.4 Å². The maximum Gasteiger partial charge on any atom is 0.320 e. The number of nitrogens with zero attached hydrogens (tertiary/aromatic N) is 1. The van der Waals surface area contributed by atoms with E-state index in [2.05, 4.69) is 25.7 Å². The van der Waals surface area contributed by atoms with E-state index in [0.717, 1.165) is 38.8 Å². The average molecular weight is 734 g/mol. The van der Waals surface area contributed by atoms with Crippen molar-refractivity contribution in [3.05, 3.63) is 0 Å². The molecule has 0 aromatic heterocycles. The Morgan fingerprint density at radius 3 is 0.692 bits per heavy atom. The molecule has 0 spiro atoms. The molecule has 312 valence electrons. The predicted molar refractivity (Wildman–Crippen MR) is 234 cm³/mol. The minimum absolute atomic E-state index is 0.286. The van der Waals surface area contributed by atoms with Gasteiger partial charge >= 0.3 is 5.97 Å². The molecule has 0 aliphatic rings. The van der Waals surface area contributed by atoms with Gasteiger partial charge in [-0.2, -0.15) is 0 Å². The van der Waals surface area contributed by atoms with Gasteiger partial charge in [0.25, 0.3) is 0 Å². The largest absolute Gasteiger partial charge is 0.480 e. The van der Waals surface area contributed by atoms with Gasteiger partial charge in [-0.15, -0.1) is 0 Å². The summed E-state index contributed by atoms with van der Waals surface area (Å²) in [5.74, 6) is -0.608. The van der Waals surface area contributed by atoms with E-state index in [1.165, 1.54) is 244 Å². The first kappa shape index (κ1) is 51.4. The topological polar surface area (TPSA) is 40.5 Å². The molecule has 0 rings (SSSR count). The van der Waals surface area contributed by atoms with Crippen molar-refractivity contribution in [3.8, 4) is 0 Å². The van der Waals surface area contributed by atoms with Crippen LogP contribution < -0.4 is 0 Å². The van der Waals surface area contributed by atoms with E-state index >= 15 is 0 Å². The molecule has 1 N–H and O–H groups in total. The van der Waals surface area contributed by atoms with Gasteiger partial charge in [-0.1, -0.05) is 271 Å². The first-order valence-electron chi connectivity index (χ1n) is 24.6. The quantitative estimate of drug-likeness (QED) is 0.0633. The van der Waals surface area contributed by atoms with Crippen LogP contribution in [0.2, 0.25) is 0 Å². The minimum atomic E-state index is -0.608. The number of carboxylic acids is 1. The summed E-state index contributed by atoms with van der Waals surface area (Å²) in [6.07, 6.45) is 57.8. The summed E-state index contributed by atoms with van der Waals surface area (Å²) in [5, 5.41) is 9.96. The van der Waals surface area contributed by atoms with Gasteiger partial charge in [0.05, 0.1) is 0 Å². The third-order valence-electron chi connectivity index (χ3n) is 11.9. The zero-order chi connectivity index (χ0) is 37.8. The minimum Gasteiger partial charge on any atom is -0.480 e. The molecule has 0 aliphatic heterocycles. The van der Waals surface area contributed by atoms with E-state index in [4.69, 9.17) is 0 Å². The summed E-state index contributed by atoms with van der Waals surface area (Å²) in [5.41, 5.74) is 0. The van der Waals surface area contributed by atoms with Crippen LogP contribution in [0.4, 0.5) is 0 Å². The van der Waals surface area contributed by atoms with Gasteiger partial charge < -0.3 is 5.11 Å². The van der Waals surface area contributed by atoms with Crippen molar-refractivity contribution in [1.82, 2.24) is 4.90 Å². The lowest BCUT2D eigenvalue weighted by Crippen LogP contribution is -2.42. The van der Waals surface area contributed by atoms with Crippen LogP contribution >= 0.6 is 0 Å². The van der Waals surface area contributed by atoms with Crippen LogP contribution in [0.25, 0.3) is 0 Å². The van der Waals surface area contributed by atoms with Crippen LogP contribution in [0, 0.1) is 0 Å². The first-order chi connectivity index (χ1) is 25.7. The molecule has 0 aliphatic carbocycles. The maximum atomic E-state index is 12.1. The van der Waals surface area contributed by atoms with E-state index in [1.807, 2.05) is 0 Å². The Balaban J connectivity index is 3.71. The van der Waals surface area contributed by atoms with Gasteiger partial charge in [0.15, 0.2) is 0 Å². The second-order valence-corrected chi connectivity index (χ2v) is 17.1. The summed E-state index contributed by atoms with van der Waals surface area (Å²) < 4.78 is 0. The monoisotopic (exact) mass is 734 g/mol. The summed E-state index contributed by atoms with van der Waals surface area (Å²) in [7, 11) is 0. The predicted octanol–water partition coefficient (Wildman–Crippen LogP) is 17.2. The number of unbranched alkanes of at least 4 members (excludes halogenated alkanes) is 38. The zero-order valence-corrected chi connectivity index (χ0v) is 36.5. The van der Waals surface area contributed by atoms with Crippen LogP contribution in [0.1, 0.15) is 290 Å². The molecule has 3 heteroatoms. The Hall–Kier alpha value is -0.570. The van der Waals surface area contributed by atoms with Crippen molar-refractivity contribution in [3.63, 3.8) is 0 Å². The first-order valence-corrected chi connectivity index (χ1v) is 24.6. The number of hydrogen-bond acceptors (Lipinski definition) is 2. The fourth-order valence-electron chi connectivity index (χ4n) is 8.30. The normalized spacial score (nSPS) is 12.3. The number of carbonyl (C=O) groups is 1. The zero-order valence-electron chi connectivity index (χ0n) is 36.5. The molecule has 0 saturated carbocycles. The van der Waals surface area contributed by atoms with Gasteiger partial charge in [0, 0.05) is 0 Å². The van der Waals surface area contributed by atoms with E-state index < -0.39 is 5.97 Å². The van der Waals surface area contributed by atoms with Crippen molar-refractivity contribution >= 4 is 5.97 Å². The van der Waals surface area contributed by atoms with E-state index in [-0.39, 0.29) is 6.04 Å². The Morgan fingerprint density at radius 2 is 0.519 bits per heavy atom. The molecular formula is C49H99NO2. The highest BCUT2D eigenvalue weighted by Crippen LogP contribution is 2.18. The summed E-state index contributed by atoms with van der Waals surface area (Å²) >= 11 is 0. The lowest BCUT2D eigenvalue weighted by Gasteiger charge is -2.29. The molecule has 0 heterocycles. The number of aliphatic carboxylic acids is 1. The molecule has 1 unspecified atom stereocenters. The highest BCUT2D eigenvalue weighted by atomic mass is 16.4. The Kier molecular flexibility index (Phi) is 44.3. The van der Waals surface area contributed by atoms with Crippen LogP contribution in [0.3, 0.4) is 0 Å². The van der Waals surface area contributed by atoms with Crippen molar-refractivity contribution in [2.45, 2.75) is 296 Å². The second kappa shape index (κ2) is 44.8. The van der Waals surface area contributed by atoms with E-state index in [0.29, 0.717) is 0 Å². The summed E-state index contributed by atoms with van der Waals surface area (Å²) in [6, 6.07) is -0.286. The molecule has 0 saturated heterocycles. The molecule has 0 bridgehead atoms. The highest BCUT2D eigenvalue weighted by Gasteiger charge is 2.23. The fraction of sp³-hybridized carbons (Fsp3) is 0.980. The molecule has 3 nitrogen and oxygen atoms in total. The smallest absolute Gasteiger partial charge is 0.320 e. The van der Waals surface area contributed by atoms with Gasteiger partial charge in [-0.25, -0.2) is 0 Å². The van der Waals surface area contributed by atoms with Crippen LogP contribution in [-0.4, -0.2) is 35.1 Å². The van der Waals surface area contributed by atoms with Crippen molar-refractivity contribution in [2.75, 3.05) is 13.1 Å². The molecule has 52 heavy (non-hydrogen) atoms. The number of hydrogen-bond donors (Lipinski definition) is 1.